The first kappa shape index (κ1) is 31.0. The third kappa shape index (κ3) is 11.5. The van der Waals surface area contributed by atoms with Gasteiger partial charge in [-0.2, -0.15) is 0 Å². The standard InChI is InChI=1S/C33H44O5/c1-6-7-8-9-27-10-12-28(13-11-27)14-15-29-16-18-30(19-17-29)20-21-31(22-37-32(35)24(2)3)23-38-33(36)25(4)26(5)34/h10-13,16-19,26,31,34H,2,4,6-9,14-15,20-23H2,1,3,5H3. The van der Waals surface area contributed by atoms with Crippen LogP contribution in [0.2, 0.25) is 0 Å². The fourth-order valence-corrected chi connectivity index (χ4v) is 3.97. The molecule has 1 N–H and O–H groups in total. The van der Waals surface area contributed by atoms with Gasteiger partial charge in [0.25, 0.3) is 0 Å². The van der Waals surface area contributed by atoms with Crippen molar-refractivity contribution in [2.45, 2.75) is 78.2 Å². The first-order valence-electron chi connectivity index (χ1n) is 13.7. The summed E-state index contributed by atoms with van der Waals surface area (Å²) >= 11 is 0. The second-order valence-electron chi connectivity index (χ2n) is 10.2. The van der Waals surface area contributed by atoms with Crippen molar-refractivity contribution in [1.29, 1.82) is 0 Å². The van der Waals surface area contributed by atoms with Gasteiger partial charge in [-0.3, -0.25) is 0 Å². The van der Waals surface area contributed by atoms with Crippen molar-refractivity contribution in [2.24, 2.45) is 5.92 Å². The molecular formula is C33H44O5. The number of ether oxygens (including phenoxy) is 2. The van der Waals surface area contributed by atoms with Crippen LogP contribution in [-0.4, -0.2) is 36.4 Å². The number of aryl methyl sites for hydroxylation is 4. The number of carbonyl (C=O) groups is 2. The van der Waals surface area contributed by atoms with E-state index in [0.717, 1.165) is 25.7 Å². The Morgan fingerprint density at radius 3 is 1.66 bits per heavy atom. The summed E-state index contributed by atoms with van der Waals surface area (Å²) in [7, 11) is 0. The highest BCUT2D eigenvalue weighted by Crippen LogP contribution is 2.16. The number of rotatable bonds is 17. The molecule has 0 spiro atoms. The summed E-state index contributed by atoms with van der Waals surface area (Å²) in [4.78, 5) is 23.9. The monoisotopic (exact) mass is 520 g/mol. The van der Waals surface area contributed by atoms with Gasteiger partial charge < -0.3 is 14.6 Å². The molecule has 0 radical (unpaired) electrons. The smallest absolute Gasteiger partial charge is 0.336 e. The van der Waals surface area contributed by atoms with Gasteiger partial charge in [0.2, 0.25) is 0 Å². The van der Waals surface area contributed by atoms with Gasteiger partial charge in [-0.05, 0) is 74.6 Å². The quantitative estimate of drug-likeness (QED) is 0.149. The molecule has 206 valence electrons. The van der Waals surface area contributed by atoms with Gasteiger partial charge in [0, 0.05) is 11.5 Å². The number of hydrogen-bond donors (Lipinski definition) is 1. The molecule has 0 amide bonds. The van der Waals surface area contributed by atoms with E-state index in [1.54, 1.807) is 6.92 Å². The Kier molecular flexibility index (Phi) is 13.6. The fourth-order valence-electron chi connectivity index (χ4n) is 3.97. The van der Waals surface area contributed by atoms with Crippen LogP contribution in [-0.2, 0) is 44.7 Å². The minimum atomic E-state index is -0.976. The predicted octanol–water partition coefficient (Wildman–Crippen LogP) is 6.35. The summed E-state index contributed by atoms with van der Waals surface area (Å²) in [6.45, 7) is 12.6. The zero-order valence-corrected chi connectivity index (χ0v) is 23.3. The molecule has 0 aliphatic heterocycles. The summed E-state index contributed by atoms with van der Waals surface area (Å²) in [6.07, 6.45) is 7.39. The Bertz CT molecular complexity index is 1030. The highest BCUT2D eigenvalue weighted by Gasteiger charge is 2.19. The molecule has 0 saturated carbocycles. The highest BCUT2D eigenvalue weighted by molar-refractivity contribution is 5.88. The Morgan fingerprint density at radius 1 is 0.763 bits per heavy atom. The number of unbranched alkanes of at least 4 members (excludes halogenated alkanes) is 2. The van der Waals surface area contributed by atoms with E-state index in [1.165, 1.54) is 48.4 Å². The molecule has 2 aromatic carbocycles. The summed E-state index contributed by atoms with van der Waals surface area (Å²) in [5, 5.41) is 9.54. The summed E-state index contributed by atoms with van der Waals surface area (Å²) in [5.74, 6) is -1.30. The number of aliphatic hydroxyl groups is 1. The molecule has 0 bridgehead atoms. The maximum atomic E-state index is 12.1. The molecule has 0 saturated heterocycles. The fraction of sp³-hybridized carbons (Fsp3) is 0.455. The Morgan fingerprint density at radius 2 is 1.21 bits per heavy atom. The van der Waals surface area contributed by atoms with Crippen molar-refractivity contribution in [3.05, 3.63) is 95.1 Å². The van der Waals surface area contributed by atoms with E-state index in [2.05, 4.69) is 68.6 Å². The van der Waals surface area contributed by atoms with E-state index in [1.807, 2.05) is 0 Å². The molecule has 2 aromatic rings. The SMILES string of the molecule is C=C(C)C(=O)OCC(CCc1ccc(CCc2ccc(CCCCC)cc2)cc1)COC(=O)C(=C)C(C)O. The van der Waals surface area contributed by atoms with Gasteiger partial charge in [-0.15, -0.1) is 0 Å². The van der Waals surface area contributed by atoms with E-state index >= 15 is 0 Å². The van der Waals surface area contributed by atoms with E-state index in [-0.39, 0.29) is 24.7 Å². The van der Waals surface area contributed by atoms with Crippen molar-refractivity contribution in [2.75, 3.05) is 13.2 Å². The van der Waals surface area contributed by atoms with Crippen molar-refractivity contribution in [3.8, 4) is 0 Å². The number of carbonyl (C=O) groups excluding carboxylic acids is 2. The lowest BCUT2D eigenvalue weighted by Gasteiger charge is -2.18. The molecular weight excluding hydrogens is 476 g/mol. The predicted molar refractivity (Wildman–Crippen MR) is 153 cm³/mol. The first-order chi connectivity index (χ1) is 18.2. The Hall–Kier alpha value is -3.18. The lowest BCUT2D eigenvalue weighted by molar-refractivity contribution is -0.144. The minimum absolute atomic E-state index is 0.00110. The van der Waals surface area contributed by atoms with Crippen LogP contribution in [0.15, 0.2) is 72.8 Å². The molecule has 38 heavy (non-hydrogen) atoms. The van der Waals surface area contributed by atoms with Crippen molar-refractivity contribution >= 4 is 11.9 Å². The number of esters is 2. The van der Waals surface area contributed by atoms with Crippen LogP contribution in [0.3, 0.4) is 0 Å². The minimum Gasteiger partial charge on any atom is -0.462 e. The zero-order valence-electron chi connectivity index (χ0n) is 23.3. The summed E-state index contributed by atoms with van der Waals surface area (Å²) in [6, 6.07) is 17.6. The van der Waals surface area contributed by atoms with E-state index in [0.29, 0.717) is 12.0 Å². The summed E-state index contributed by atoms with van der Waals surface area (Å²) < 4.78 is 10.6. The number of aliphatic hydroxyl groups excluding tert-OH is 1. The van der Waals surface area contributed by atoms with Gasteiger partial charge in [-0.1, -0.05) is 81.5 Å². The lowest BCUT2D eigenvalue weighted by Crippen LogP contribution is -2.24. The molecule has 2 rings (SSSR count). The molecule has 0 aromatic heterocycles. The van der Waals surface area contributed by atoms with Crippen molar-refractivity contribution < 1.29 is 24.2 Å². The van der Waals surface area contributed by atoms with Crippen molar-refractivity contribution in [1.82, 2.24) is 0 Å². The molecule has 0 aliphatic carbocycles. The van der Waals surface area contributed by atoms with Crippen LogP contribution in [0.4, 0.5) is 0 Å². The normalized spacial score (nSPS) is 12.4. The van der Waals surface area contributed by atoms with Crippen LogP contribution in [0.5, 0.6) is 0 Å². The van der Waals surface area contributed by atoms with Crippen molar-refractivity contribution in [3.63, 3.8) is 0 Å². The maximum Gasteiger partial charge on any atom is 0.336 e. The molecule has 5 heteroatoms. The average Bonchev–Trinajstić information content (AvgIpc) is 2.91. The third-order valence-corrected chi connectivity index (χ3v) is 6.67. The topological polar surface area (TPSA) is 72.8 Å². The lowest BCUT2D eigenvalue weighted by atomic mass is 9.98. The Labute approximate surface area is 228 Å². The van der Waals surface area contributed by atoms with Crippen LogP contribution < -0.4 is 0 Å². The molecule has 0 aliphatic rings. The number of hydrogen-bond acceptors (Lipinski definition) is 5. The van der Waals surface area contributed by atoms with E-state index in [9.17, 15) is 14.7 Å². The molecule has 0 fully saturated rings. The first-order valence-corrected chi connectivity index (χ1v) is 13.7. The third-order valence-electron chi connectivity index (χ3n) is 6.67. The highest BCUT2D eigenvalue weighted by atomic mass is 16.5. The van der Waals surface area contributed by atoms with Gasteiger partial charge in [0.1, 0.15) is 0 Å². The second kappa shape index (κ2) is 16.6. The van der Waals surface area contributed by atoms with Gasteiger partial charge in [-0.25, -0.2) is 9.59 Å². The maximum absolute atomic E-state index is 12.1. The molecule has 2 atom stereocenters. The van der Waals surface area contributed by atoms with Crippen LogP contribution in [0.25, 0.3) is 0 Å². The van der Waals surface area contributed by atoms with E-state index in [4.69, 9.17) is 9.47 Å². The van der Waals surface area contributed by atoms with Gasteiger partial charge in [0.05, 0.1) is 24.9 Å². The van der Waals surface area contributed by atoms with Gasteiger partial charge in [0.15, 0.2) is 0 Å². The van der Waals surface area contributed by atoms with Crippen LogP contribution in [0, 0.1) is 5.92 Å². The average molecular weight is 521 g/mol. The second-order valence-corrected chi connectivity index (χ2v) is 10.2. The van der Waals surface area contributed by atoms with Crippen LogP contribution >= 0.6 is 0 Å². The zero-order chi connectivity index (χ0) is 27.9. The summed E-state index contributed by atoms with van der Waals surface area (Å²) in [5.41, 5.74) is 5.55. The molecule has 0 heterocycles. The van der Waals surface area contributed by atoms with Gasteiger partial charge >= 0.3 is 11.9 Å². The molecule has 2 unspecified atom stereocenters. The molecule has 5 nitrogen and oxygen atoms in total. The number of benzene rings is 2. The largest absolute Gasteiger partial charge is 0.462 e. The van der Waals surface area contributed by atoms with Crippen LogP contribution in [0.1, 0.15) is 68.7 Å². The Balaban J connectivity index is 1.86. The van der Waals surface area contributed by atoms with E-state index < -0.39 is 18.0 Å².